The molecule has 4 heteroatoms. The average molecular weight is 400 g/mol. The topological polar surface area (TPSA) is 12.5 Å². The van der Waals surface area contributed by atoms with Crippen LogP contribution in [0.3, 0.4) is 0 Å². The first-order valence-corrected chi connectivity index (χ1v) is 9.80. The maximum Gasteiger partial charge on any atom is 0.125 e. The number of anilines is 1. The zero-order valence-electron chi connectivity index (χ0n) is 16.2. The van der Waals surface area contributed by atoms with Crippen molar-refractivity contribution in [3.63, 3.8) is 0 Å². The third-order valence-corrected chi connectivity index (χ3v) is 5.65. The van der Waals surface area contributed by atoms with Crippen LogP contribution in [0, 0.1) is 5.82 Å². The van der Waals surface area contributed by atoms with Gasteiger partial charge in [-0.05, 0) is 53.3 Å². The van der Waals surface area contributed by atoms with E-state index in [9.17, 15) is 4.39 Å². The molecule has 148 valence electrons. The van der Waals surface area contributed by atoms with Gasteiger partial charge in [0.25, 0.3) is 0 Å². The first kappa shape index (κ1) is 20.6. The van der Waals surface area contributed by atoms with Crippen LogP contribution in [-0.2, 0) is 4.74 Å². The Morgan fingerprint density at radius 3 is 2.71 bits per heavy atom. The molecule has 0 bridgehead atoms. The van der Waals surface area contributed by atoms with Crippen LogP contribution in [0.15, 0.2) is 66.7 Å². The van der Waals surface area contributed by atoms with Crippen molar-refractivity contribution in [2.75, 3.05) is 24.7 Å². The maximum atomic E-state index is 13.7. The molecule has 0 saturated carbocycles. The van der Waals surface area contributed by atoms with Gasteiger partial charge in [-0.3, -0.25) is 0 Å². The Morgan fingerprint density at radius 1 is 1.07 bits per heavy atom. The van der Waals surface area contributed by atoms with E-state index in [-0.39, 0.29) is 24.3 Å². The van der Waals surface area contributed by atoms with E-state index in [0.717, 1.165) is 25.1 Å². The van der Waals surface area contributed by atoms with E-state index in [2.05, 4.69) is 54.3 Å². The summed E-state index contributed by atoms with van der Waals surface area (Å²) in [5.74, 6) is 0.286. The summed E-state index contributed by atoms with van der Waals surface area (Å²) in [5, 5.41) is 2.64. The van der Waals surface area contributed by atoms with Crippen molar-refractivity contribution in [3.05, 3.63) is 78.1 Å². The molecule has 0 spiro atoms. The molecule has 3 aromatic rings. The molecule has 0 amide bonds. The third-order valence-electron chi connectivity index (χ3n) is 5.65. The molecule has 1 heterocycles. The summed E-state index contributed by atoms with van der Waals surface area (Å²) in [6, 6.07) is 22.4. The van der Waals surface area contributed by atoms with Crippen molar-refractivity contribution in [2.24, 2.45) is 0 Å². The monoisotopic (exact) mass is 399 g/mol. The van der Waals surface area contributed by atoms with Crippen LogP contribution in [0.5, 0.6) is 0 Å². The zero-order valence-corrected chi connectivity index (χ0v) is 17.0. The minimum atomic E-state index is -0.179. The van der Waals surface area contributed by atoms with Gasteiger partial charge >= 0.3 is 0 Å². The van der Waals surface area contributed by atoms with Gasteiger partial charge in [0.1, 0.15) is 5.82 Å². The van der Waals surface area contributed by atoms with Gasteiger partial charge in [-0.2, -0.15) is 0 Å². The van der Waals surface area contributed by atoms with E-state index in [1.807, 2.05) is 6.07 Å². The van der Waals surface area contributed by atoms with Gasteiger partial charge in [-0.15, -0.1) is 12.4 Å². The van der Waals surface area contributed by atoms with Gasteiger partial charge in [0.15, 0.2) is 0 Å². The fraction of sp³-hybridized carbons (Fsp3) is 0.333. The Labute approximate surface area is 172 Å². The van der Waals surface area contributed by atoms with Gasteiger partial charge < -0.3 is 9.64 Å². The van der Waals surface area contributed by atoms with Crippen LogP contribution in [0.2, 0.25) is 0 Å². The summed E-state index contributed by atoms with van der Waals surface area (Å²) in [7, 11) is 0. The molecule has 1 aliphatic heterocycles. The predicted molar refractivity (Wildman–Crippen MR) is 117 cm³/mol. The molecule has 3 aromatic carbocycles. The van der Waals surface area contributed by atoms with E-state index < -0.39 is 0 Å². The molecule has 28 heavy (non-hydrogen) atoms. The second-order valence-electron chi connectivity index (χ2n) is 7.45. The number of ether oxygens (including phenoxy) is 1. The fourth-order valence-corrected chi connectivity index (χ4v) is 4.17. The van der Waals surface area contributed by atoms with Crippen LogP contribution < -0.4 is 4.90 Å². The lowest BCUT2D eigenvalue weighted by molar-refractivity contribution is 0.0904. The van der Waals surface area contributed by atoms with Crippen LogP contribution in [0.25, 0.3) is 10.8 Å². The molecule has 1 aliphatic rings. The summed E-state index contributed by atoms with van der Waals surface area (Å²) in [6.07, 6.45) is 2.11. The van der Waals surface area contributed by atoms with Crippen molar-refractivity contribution in [1.82, 2.24) is 0 Å². The first-order valence-electron chi connectivity index (χ1n) is 9.80. The summed E-state index contributed by atoms with van der Waals surface area (Å²) in [5.41, 5.74) is 2.36. The van der Waals surface area contributed by atoms with E-state index >= 15 is 0 Å². The van der Waals surface area contributed by atoms with E-state index in [1.54, 1.807) is 12.1 Å². The van der Waals surface area contributed by atoms with Crippen molar-refractivity contribution in [3.8, 4) is 0 Å². The van der Waals surface area contributed by atoms with Gasteiger partial charge in [0.2, 0.25) is 0 Å². The summed E-state index contributed by atoms with van der Waals surface area (Å²) in [6.45, 7) is 4.53. The molecule has 4 rings (SSSR count). The lowest BCUT2D eigenvalue weighted by Crippen LogP contribution is -2.45. The van der Waals surface area contributed by atoms with Crippen molar-refractivity contribution >= 4 is 28.9 Å². The first-order chi connectivity index (χ1) is 13.2. The Bertz CT molecular complexity index is 911. The number of benzene rings is 3. The molecule has 0 N–H and O–H groups in total. The van der Waals surface area contributed by atoms with Crippen LogP contribution >= 0.6 is 12.4 Å². The average Bonchev–Trinajstić information content (AvgIpc) is 2.72. The van der Waals surface area contributed by atoms with Crippen molar-refractivity contribution < 1.29 is 9.13 Å². The largest absolute Gasteiger partial charge is 0.377 e. The number of rotatable bonds is 5. The molecular formula is C24H27ClFNO. The summed E-state index contributed by atoms with van der Waals surface area (Å²) >= 11 is 0. The van der Waals surface area contributed by atoms with Crippen molar-refractivity contribution in [2.45, 2.75) is 31.7 Å². The molecule has 1 unspecified atom stereocenters. The Morgan fingerprint density at radius 2 is 1.86 bits per heavy atom. The lowest BCUT2D eigenvalue weighted by Gasteiger charge is -2.38. The molecule has 1 fully saturated rings. The van der Waals surface area contributed by atoms with Gasteiger partial charge in [-0.1, -0.05) is 55.5 Å². The SMILES string of the molecule is C[C@@H](CCC1COCCN1c1cccc(F)c1)c1cccc2ccccc12.Cl. The van der Waals surface area contributed by atoms with E-state index in [1.165, 1.54) is 22.4 Å². The van der Waals surface area contributed by atoms with Gasteiger partial charge in [0.05, 0.1) is 19.3 Å². The summed E-state index contributed by atoms with van der Waals surface area (Å²) < 4.78 is 19.4. The van der Waals surface area contributed by atoms with Gasteiger partial charge in [0, 0.05) is 12.2 Å². The molecule has 1 saturated heterocycles. The van der Waals surface area contributed by atoms with Crippen LogP contribution in [0.4, 0.5) is 10.1 Å². The quantitative estimate of drug-likeness (QED) is 0.507. The van der Waals surface area contributed by atoms with Gasteiger partial charge in [-0.25, -0.2) is 4.39 Å². The Balaban J connectivity index is 0.00000225. The van der Waals surface area contributed by atoms with E-state index in [0.29, 0.717) is 19.1 Å². The zero-order chi connectivity index (χ0) is 18.6. The standard InChI is InChI=1S/C24H26FNO.ClH/c1-18(23-11-4-7-19-6-2-3-10-24(19)23)12-13-22-17-27-15-14-26(22)21-9-5-8-20(25)16-21;/h2-11,16,18,22H,12-15,17H2,1H3;1H/t18-,22?;/m0./s1. The lowest BCUT2D eigenvalue weighted by atomic mass is 9.90. The molecule has 0 aliphatic carbocycles. The highest BCUT2D eigenvalue weighted by Gasteiger charge is 2.24. The molecule has 2 atom stereocenters. The maximum absolute atomic E-state index is 13.7. The van der Waals surface area contributed by atoms with Crippen LogP contribution in [-0.4, -0.2) is 25.8 Å². The number of hydrogen-bond donors (Lipinski definition) is 0. The number of morpholine rings is 1. The second-order valence-corrected chi connectivity index (χ2v) is 7.45. The molecule has 2 nitrogen and oxygen atoms in total. The number of nitrogens with zero attached hydrogens (tertiary/aromatic N) is 1. The third kappa shape index (κ3) is 4.48. The predicted octanol–water partition coefficient (Wildman–Crippen LogP) is 6.19. The minimum absolute atomic E-state index is 0. The highest BCUT2D eigenvalue weighted by Crippen LogP contribution is 2.31. The normalized spacial score (nSPS) is 17.9. The second kappa shape index (κ2) is 9.40. The Hall–Kier alpha value is -2.10. The summed E-state index contributed by atoms with van der Waals surface area (Å²) in [4.78, 5) is 2.31. The van der Waals surface area contributed by atoms with E-state index in [4.69, 9.17) is 4.74 Å². The highest BCUT2D eigenvalue weighted by molar-refractivity contribution is 5.86. The van der Waals surface area contributed by atoms with Crippen LogP contribution in [0.1, 0.15) is 31.2 Å². The smallest absolute Gasteiger partial charge is 0.125 e. The Kier molecular flexibility index (Phi) is 6.93. The van der Waals surface area contributed by atoms with Crippen molar-refractivity contribution in [1.29, 1.82) is 0 Å². The molecule has 0 radical (unpaired) electrons. The number of halogens is 2. The number of fused-ring (bicyclic) bond motifs is 1. The minimum Gasteiger partial charge on any atom is -0.377 e. The molecular weight excluding hydrogens is 373 g/mol. The molecule has 0 aromatic heterocycles. The fourth-order valence-electron chi connectivity index (χ4n) is 4.17. The highest BCUT2D eigenvalue weighted by atomic mass is 35.5. The number of hydrogen-bond acceptors (Lipinski definition) is 2.